The first-order chi connectivity index (χ1) is 14.5. The van der Waals surface area contributed by atoms with Crippen LogP contribution in [0.5, 0.6) is 17.2 Å². The highest BCUT2D eigenvalue weighted by molar-refractivity contribution is 6.10. The van der Waals surface area contributed by atoms with Crippen LogP contribution in [0.2, 0.25) is 0 Å². The Hall–Kier alpha value is -3.28. The zero-order chi connectivity index (χ0) is 21.7. The van der Waals surface area contributed by atoms with Crippen LogP contribution >= 0.6 is 0 Å². The van der Waals surface area contributed by atoms with Crippen LogP contribution < -0.4 is 14.2 Å². The molecule has 0 saturated heterocycles. The molecule has 0 heterocycles. The van der Waals surface area contributed by atoms with Gasteiger partial charge in [0.05, 0.1) is 27.9 Å². The Bertz CT molecular complexity index is 962. The Balaban J connectivity index is 2.11. The first kappa shape index (κ1) is 21.4. The molecule has 0 saturated carbocycles. The number of allylic oxidation sites excluding steroid dienone is 2. The van der Waals surface area contributed by atoms with Gasteiger partial charge in [0.25, 0.3) is 0 Å². The highest BCUT2D eigenvalue weighted by Gasteiger charge is 2.41. The number of ketones is 1. The molecule has 2 atom stereocenters. The van der Waals surface area contributed by atoms with Crippen LogP contribution in [-0.4, -0.2) is 39.7 Å². The van der Waals surface area contributed by atoms with Gasteiger partial charge in [-0.05, 0) is 60.9 Å². The summed E-state index contributed by atoms with van der Waals surface area (Å²) >= 11 is 0. The van der Waals surface area contributed by atoms with Crippen molar-refractivity contribution in [1.29, 1.82) is 0 Å². The summed E-state index contributed by atoms with van der Waals surface area (Å²) in [5.41, 5.74) is 2.43. The minimum Gasteiger partial charge on any atom is -0.497 e. The second-order valence-corrected chi connectivity index (χ2v) is 6.95. The van der Waals surface area contributed by atoms with E-state index in [1.807, 2.05) is 30.3 Å². The van der Waals surface area contributed by atoms with E-state index < -0.39 is 17.8 Å². The minimum absolute atomic E-state index is 0.205. The molecule has 0 N–H and O–H groups in total. The number of methoxy groups -OCH3 is 3. The van der Waals surface area contributed by atoms with Crippen molar-refractivity contribution in [1.82, 2.24) is 0 Å². The first-order valence-corrected chi connectivity index (χ1v) is 9.79. The molecular weight excluding hydrogens is 384 g/mol. The minimum atomic E-state index is -0.944. The second-order valence-electron chi connectivity index (χ2n) is 6.95. The Morgan fingerprint density at radius 1 is 1.00 bits per heavy atom. The highest BCUT2D eigenvalue weighted by Crippen LogP contribution is 2.44. The normalized spacial score (nSPS) is 18.4. The van der Waals surface area contributed by atoms with Crippen molar-refractivity contribution in [2.45, 2.75) is 19.3 Å². The summed E-state index contributed by atoms with van der Waals surface area (Å²) in [6.07, 6.45) is 2.01. The molecule has 6 nitrogen and oxygen atoms in total. The molecule has 158 valence electrons. The molecule has 30 heavy (non-hydrogen) atoms. The molecule has 0 spiro atoms. The average Bonchev–Trinajstić information content (AvgIpc) is 2.78. The smallest absolute Gasteiger partial charge is 0.317 e. The van der Waals surface area contributed by atoms with Gasteiger partial charge in [-0.25, -0.2) is 0 Å². The lowest BCUT2D eigenvalue weighted by Gasteiger charge is -2.30. The number of ether oxygens (including phenoxy) is 4. The van der Waals surface area contributed by atoms with Crippen molar-refractivity contribution in [3.05, 3.63) is 59.7 Å². The largest absolute Gasteiger partial charge is 0.497 e. The van der Waals surface area contributed by atoms with Crippen molar-refractivity contribution in [3.8, 4) is 17.2 Å². The predicted octanol–water partition coefficient (Wildman–Crippen LogP) is 4.03. The SMILES string of the molecule is CCOC(=O)[C@H]1C(=O)C=C(c2cccc(OC)c2)C[C@H]1c1cc(OC)ccc1OC. The summed E-state index contributed by atoms with van der Waals surface area (Å²) in [6.45, 7) is 1.93. The number of rotatable bonds is 7. The summed E-state index contributed by atoms with van der Waals surface area (Å²) in [5.74, 6) is -0.296. The molecule has 0 radical (unpaired) electrons. The highest BCUT2D eigenvalue weighted by atomic mass is 16.5. The van der Waals surface area contributed by atoms with Gasteiger partial charge in [-0.15, -0.1) is 0 Å². The van der Waals surface area contributed by atoms with Gasteiger partial charge in [-0.2, -0.15) is 0 Å². The van der Waals surface area contributed by atoms with E-state index in [-0.39, 0.29) is 12.4 Å². The fourth-order valence-electron chi connectivity index (χ4n) is 3.83. The molecule has 0 fully saturated rings. The monoisotopic (exact) mass is 410 g/mol. The van der Waals surface area contributed by atoms with Crippen molar-refractivity contribution < 1.29 is 28.5 Å². The quantitative estimate of drug-likeness (QED) is 0.507. The van der Waals surface area contributed by atoms with Gasteiger partial charge in [-0.3, -0.25) is 9.59 Å². The Morgan fingerprint density at radius 3 is 2.40 bits per heavy atom. The number of benzene rings is 2. The van der Waals surface area contributed by atoms with Gasteiger partial charge >= 0.3 is 5.97 Å². The molecule has 1 aliphatic carbocycles. The van der Waals surface area contributed by atoms with E-state index in [1.54, 1.807) is 46.5 Å². The average molecular weight is 410 g/mol. The van der Waals surface area contributed by atoms with Crippen LogP contribution in [0.1, 0.15) is 30.4 Å². The van der Waals surface area contributed by atoms with E-state index in [4.69, 9.17) is 18.9 Å². The van der Waals surface area contributed by atoms with Crippen LogP contribution in [0.15, 0.2) is 48.5 Å². The van der Waals surface area contributed by atoms with Crippen molar-refractivity contribution in [3.63, 3.8) is 0 Å². The first-order valence-electron chi connectivity index (χ1n) is 9.79. The van der Waals surface area contributed by atoms with Crippen LogP contribution in [-0.2, 0) is 14.3 Å². The standard InChI is InChI=1S/C24H26O6/c1-5-30-24(26)23-20(19-14-18(28-3)9-10-22(19)29-4)12-16(13-21(23)25)15-7-6-8-17(11-15)27-2/h6-11,13-14,20,23H,5,12H2,1-4H3/t20-,23+/m0/s1. The number of esters is 1. The van der Waals surface area contributed by atoms with Gasteiger partial charge in [0.15, 0.2) is 5.78 Å². The van der Waals surface area contributed by atoms with Crippen LogP contribution in [0, 0.1) is 5.92 Å². The maximum Gasteiger partial charge on any atom is 0.317 e. The summed E-state index contributed by atoms with van der Waals surface area (Å²) in [5, 5.41) is 0. The van der Waals surface area contributed by atoms with E-state index in [1.165, 1.54) is 0 Å². The third-order valence-electron chi connectivity index (χ3n) is 5.28. The Kier molecular flexibility index (Phi) is 6.77. The number of hydrogen-bond donors (Lipinski definition) is 0. The molecule has 6 heteroatoms. The molecular formula is C24H26O6. The van der Waals surface area contributed by atoms with Gasteiger partial charge in [-0.1, -0.05) is 12.1 Å². The van der Waals surface area contributed by atoms with E-state index in [0.29, 0.717) is 23.7 Å². The molecule has 2 aromatic rings. The summed E-state index contributed by atoms with van der Waals surface area (Å²) < 4.78 is 21.5. The molecule has 0 amide bonds. The lowest BCUT2D eigenvalue weighted by Crippen LogP contribution is -2.34. The number of carbonyl (C=O) groups excluding carboxylic acids is 2. The third-order valence-corrected chi connectivity index (χ3v) is 5.28. The van der Waals surface area contributed by atoms with Gasteiger partial charge in [0, 0.05) is 11.5 Å². The fourth-order valence-corrected chi connectivity index (χ4v) is 3.83. The van der Waals surface area contributed by atoms with E-state index in [9.17, 15) is 9.59 Å². The van der Waals surface area contributed by atoms with Crippen molar-refractivity contribution in [2.75, 3.05) is 27.9 Å². The summed E-state index contributed by atoms with van der Waals surface area (Å²) in [4.78, 5) is 25.8. The Morgan fingerprint density at radius 2 is 1.73 bits per heavy atom. The zero-order valence-corrected chi connectivity index (χ0v) is 17.6. The molecule has 3 rings (SSSR count). The number of carbonyl (C=O) groups is 2. The molecule has 2 aromatic carbocycles. The lowest BCUT2D eigenvalue weighted by molar-refractivity contribution is -0.151. The van der Waals surface area contributed by atoms with E-state index in [2.05, 4.69) is 0 Å². The lowest BCUT2D eigenvalue weighted by atomic mass is 9.73. The zero-order valence-electron chi connectivity index (χ0n) is 17.6. The topological polar surface area (TPSA) is 71.1 Å². The van der Waals surface area contributed by atoms with Gasteiger partial charge in [0.1, 0.15) is 23.2 Å². The molecule has 0 unspecified atom stereocenters. The van der Waals surface area contributed by atoms with Crippen molar-refractivity contribution in [2.24, 2.45) is 5.92 Å². The molecule has 0 aliphatic heterocycles. The van der Waals surface area contributed by atoms with Crippen LogP contribution in [0.4, 0.5) is 0 Å². The Labute approximate surface area is 176 Å². The van der Waals surface area contributed by atoms with Crippen LogP contribution in [0.3, 0.4) is 0 Å². The molecule has 0 bridgehead atoms. The van der Waals surface area contributed by atoms with Crippen LogP contribution in [0.25, 0.3) is 5.57 Å². The van der Waals surface area contributed by atoms with Gasteiger partial charge in [0.2, 0.25) is 0 Å². The van der Waals surface area contributed by atoms with Crippen molar-refractivity contribution >= 4 is 17.3 Å². The summed E-state index contributed by atoms with van der Waals surface area (Å²) in [7, 11) is 4.73. The molecule has 0 aromatic heterocycles. The van der Waals surface area contributed by atoms with Gasteiger partial charge < -0.3 is 18.9 Å². The third kappa shape index (κ3) is 4.32. The summed E-state index contributed by atoms with van der Waals surface area (Å²) in [6, 6.07) is 12.9. The molecule has 1 aliphatic rings. The second kappa shape index (κ2) is 9.48. The van der Waals surface area contributed by atoms with E-state index in [0.717, 1.165) is 16.7 Å². The maximum atomic E-state index is 13.1. The van der Waals surface area contributed by atoms with E-state index >= 15 is 0 Å². The number of hydrogen-bond acceptors (Lipinski definition) is 6. The maximum absolute atomic E-state index is 13.1. The predicted molar refractivity (Wildman–Crippen MR) is 113 cm³/mol. The fraction of sp³-hybridized carbons (Fsp3) is 0.333.